The number of phosphoric ester groups is 2. The number of rotatable bonds is 76. The Morgan fingerprint density at radius 1 is 0.299 bits per heavy atom. The summed E-state index contributed by atoms with van der Waals surface area (Å²) < 4.78 is 68.6. The van der Waals surface area contributed by atoms with Gasteiger partial charge in [-0.3, -0.25) is 37.3 Å². The van der Waals surface area contributed by atoms with E-state index < -0.39 is 97.5 Å². The van der Waals surface area contributed by atoms with Gasteiger partial charge in [-0.15, -0.1) is 0 Å². The van der Waals surface area contributed by atoms with E-state index in [1.165, 1.54) is 212 Å². The van der Waals surface area contributed by atoms with Crippen LogP contribution in [0, 0.1) is 17.8 Å². The van der Waals surface area contributed by atoms with E-state index in [1.807, 2.05) is 0 Å². The first-order chi connectivity index (χ1) is 46.8. The third-order valence-electron chi connectivity index (χ3n) is 18.9. The molecule has 0 saturated heterocycles. The van der Waals surface area contributed by atoms with E-state index in [1.54, 1.807) is 0 Å². The molecule has 0 amide bonds. The number of carbonyl (C=O) groups excluding carboxylic acids is 4. The number of hydrogen-bond donors (Lipinski definition) is 3. The smallest absolute Gasteiger partial charge is 0.462 e. The zero-order valence-electron chi connectivity index (χ0n) is 63.5. The Kier molecular flexibility index (Phi) is 67.1. The van der Waals surface area contributed by atoms with Gasteiger partial charge in [-0.2, -0.15) is 0 Å². The van der Waals surface area contributed by atoms with E-state index in [-0.39, 0.29) is 25.7 Å². The number of aliphatic hydroxyl groups is 1. The summed E-state index contributed by atoms with van der Waals surface area (Å²) in [6.07, 6.45) is 55.2. The minimum atomic E-state index is -4.96. The van der Waals surface area contributed by atoms with Crippen LogP contribution in [0.1, 0.15) is 402 Å². The molecule has 19 heteroatoms. The van der Waals surface area contributed by atoms with Gasteiger partial charge in [-0.25, -0.2) is 9.13 Å². The third-order valence-corrected chi connectivity index (χ3v) is 20.8. The van der Waals surface area contributed by atoms with Gasteiger partial charge in [0.25, 0.3) is 0 Å². The maximum atomic E-state index is 13.1. The molecule has 0 bridgehead atoms. The Balaban J connectivity index is 5.26. The number of unbranched alkanes of at least 4 members (excludes halogenated alkanes) is 42. The lowest BCUT2D eigenvalue weighted by Crippen LogP contribution is -2.30. The van der Waals surface area contributed by atoms with Gasteiger partial charge in [0.2, 0.25) is 0 Å². The van der Waals surface area contributed by atoms with Crippen LogP contribution in [0.5, 0.6) is 0 Å². The van der Waals surface area contributed by atoms with Gasteiger partial charge in [0.05, 0.1) is 26.4 Å². The molecule has 97 heavy (non-hydrogen) atoms. The summed E-state index contributed by atoms with van der Waals surface area (Å²) >= 11 is 0. The van der Waals surface area contributed by atoms with Crippen LogP contribution in [0.3, 0.4) is 0 Å². The summed E-state index contributed by atoms with van der Waals surface area (Å²) in [5.74, 6) is 0.283. The van der Waals surface area contributed by atoms with Crippen LogP contribution < -0.4 is 0 Å². The van der Waals surface area contributed by atoms with Crippen LogP contribution in [0.4, 0.5) is 0 Å². The van der Waals surface area contributed by atoms with E-state index in [4.69, 9.17) is 37.0 Å². The minimum absolute atomic E-state index is 0.105. The lowest BCUT2D eigenvalue weighted by Gasteiger charge is -2.21. The molecular formula is C78H152O17P2. The fourth-order valence-electron chi connectivity index (χ4n) is 11.9. The van der Waals surface area contributed by atoms with E-state index in [0.717, 1.165) is 108 Å². The van der Waals surface area contributed by atoms with Crippen LogP contribution in [0.15, 0.2) is 0 Å². The highest BCUT2D eigenvalue weighted by molar-refractivity contribution is 7.47. The maximum Gasteiger partial charge on any atom is 0.472 e. The topological polar surface area (TPSA) is 237 Å². The van der Waals surface area contributed by atoms with Crippen molar-refractivity contribution in [3.8, 4) is 0 Å². The number of hydrogen-bond acceptors (Lipinski definition) is 15. The van der Waals surface area contributed by atoms with Gasteiger partial charge in [0.1, 0.15) is 19.3 Å². The van der Waals surface area contributed by atoms with Crippen LogP contribution in [0.25, 0.3) is 0 Å². The summed E-state index contributed by atoms with van der Waals surface area (Å²) in [5, 5.41) is 10.6. The molecule has 3 N–H and O–H groups in total. The average molecular weight is 1420 g/mol. The predicted molar refractivity (Wildman–Crippen MR) is 395 cm³/mol. The monoisotopic (exact) mass is 1420 g/mol. The van der Waals surface area contributed by atoms with Crippen molar-refractivity contribution < 1.29 is 80.2 Å². The van der Waals surface area contributed by atoms with E-state index in [9.17, 15) is 43.2 Å². The lowest BCUT2D eigenvalue weighted by atomic mass is 9.99. The van der Waals surface area contributed by atoms with Crippen LogP contribution in [-0.4, -0.2) is 96.7 Å². The van der Waals surface area contributed by atoms with Crippen molar-refractivity contribution in [1.82, 2.24) is 0 Å². The molecule has 0 aliphatic rings. The Morgan fingerprint density at radius 3 is 0.784 bits per heavy atom. The minimum Gasteiger partial charge on any atom is -0.462 e. The van der Waals surface area contributed by atoms with Crippen molar-refractivity contribution in [1.29, 1.82) is 0 Å². The quantitative estimate of drug-likeness (QED) is 0.0222. The zero-order valence-corrected chi connectivity index (χ0v) is 65.3. The van der Waals surface area contributed by atoms with Crippen molar-refractivity contribution >= 4 is 39.5 Å². The van der Waals surface area contributed by atoms with Crippen LogP contribution >= 0.6 is 15.6 Å². The lowest BCUT2D eigenvalue weighted by molar-refractivity contribution is -0.161. The Labute approximate surface area is 594 Å². The summed E-state index contributed by atoms with van der Waals surface area (Å²) in [4.78, 5) is 72.9. The predicted octanol–water partition coefficient (Wildman–Crippen LogP) is 23.0. The van der Waals surface area contributed by atoms with Crippen molar-refractivity contribution in [3.05, 3.63) is 0 Å². The van der Waals surface area contributed by atoms with E-state index in [0.29, 0.717) is 25.7 Å². The molecule has 0 aromatic rings. The average Bonchev–Trinajstić information content (AvgIpc) is 1.16. The molecule has 0 spiro atoms. The van der Waals surface area contributed by atoms with Gasteiger partial charge >= 0.3 is 39.5 Å². The van der Waals surface area contributed by atoms with Crippen molar-refractivity contribution in [2.75, 3.05) is 39.6 Å². The fourth-order valence-corrected chi connectivity index (χ4v) is 13.5. The summed E-state index contributed by atoms with van der Waals surface area (Å²) in [6.45, 7) is 12.0. The summed E-state index contributed by atoms with van der Waals surface area (Å²) in [6, 6.07) is 0. The number of ether oxygens (including phenoxy) is 4. The molecule has 0 fully saturated rings. The maximum absolute atomic E-state index is 13.1. The molecular weight excluding hydrogens is 1270 g/mol. The second-order valence-corrected chi connectivity index (χ2v) is 32.0. The SMILES string of the molecule is CCCCCCCCCCCCCCC(=O)OC[C@H](COP(=O)(O)OC[C@H](O)COP(=O)(O)OC[C@@H](COC(=O)CCCCCCCCCCCCCCC(C)C)OC(=O)CCCCCCCCCCCCCCCCC(C)CC)OC(=O)CCCCCCCCCCC(C)CC. The molecule has 0 rings (SSSR count). The molecule has 0 aliphatic heterocycles. The molecule has 0 aromatic heterocycles. The molecule has 7 atom stereocenters. The van der Waals surface area contributed by atoms with Crippen molar-refractivity contribution in [2.24, 2.45) is 17.8 Å². The number of phosphoric acid groups is 2. The van der Waals surface area contributed by atoms with Crippen LogP contribution in [0.2, 0.25) is 0 Å². The first kappa shape index (κ1) is 95.1. The number of carbonyl (C=O) groups is 4. The highest BCUT2D eigenvalue weighted by Crippen LogP contribution is 2.45. The van der Waals surface area contributed by atoms with Crippen molar-refractivity contribution in [3.63, 3.8) is 0 Å². The van der Waals surface area contributed by atoms with Gasteiger partial charge in [-0.05, 0) is 43.4 Å². The Bertz CT molecular complexity index is 1890. The fraction of sp³-hybridized carbons (Fsp3) is 0.949. The highest BCUT2D eigenvalue weighted by atomic mass is 31.2. The highest BCUT2D eigenvalue weighted by Gasteiger charge is 2.30. The Hall–Kier alpha value is -1.94. The standard InChI is InChI=1S/C78H152O17P2/c1-8-11-12-13-14-15-16-25-30-38-45-52-59-75(80)89-66-74(95-78(83)62-55-48-41-34-33-37-44-51-58-71(7)10-3)68-93-97(86,87)91-64-72(79)63-90-96(84,85)92-67-73(65-88-76(81)60-53-46-39-31-26-22-21-23-28-35-42-49-56-69(4)5)94-77(82)61-54-47-40-32-27-20-18-17-19-24-29-36-43-50-57-70(6)9-2/h69-74,79H,8-68H2,1-7H3,(H,84,85)(H,86,87)/t70?,71?,72-,73-,74-/m1/s1. The van der Waals surface area contributed by atoms with E-state index in [2.05, 4.69) is 48.5 Å². The second-order valence-electron chi connectivity index (χ2n) is 29.1. The summed E-state index contributed by atoms with van der Waals surface area (Å²) in [7, 11) is -9.92. The number of aliphatic hydroxyl groups excluding tert-OH is 1. The van der Waals surface area contributed by atoms with E-state index >= 15 is 0 Å². The molecule has 17 nitrogen and oxygen atoms in total. The molecule has 0 aliphatic carbocycles. The molecule has 0 saturated carbocycles. The Morgan fingerprint density at radius 2 is 0.526 bits per heavy atom. The first-order valence-corrected chi connectivity index (χ1v) is 43.4. The zero-order chi connectivity index (χ0) is 71.6. The van der Waals surface area contributed by atoms with Gasteiger partial charge in [0.15, 0.2) is 12.2 Å². The largest absolute Gasteiger partial charge is 0.472 e. The normalized spacial score (nSPS) is 14.6. The molecule has 0 aromatic carbocycles. The van der Waals surface area contributed by atoms with Crippen LogP contribution in [-0.2, 0) is 65.4 Å². The first-order valence-electron chi connectivity index (χ1n) is 40.4. The van der Waals surface area contributed by atoms with Gasteiger partial charge < -0.3 is 33.8 Å². The second kappa shape index (κ2) is 68.5. The molecule has 576 valence electrons. The summed E-state index contributed by atoms with van der Waals surface area (Å²) in [5.41, 5.74) is 0. The van der Waals surface area contributed by atoms with Crippen molar-refractivity contribution in [2.45, 2.75) is 420 Å². The molecule has 4 unspecified atom stereocenters. The third kappa shape index (κ3) is 69.5. The van der Waals surface area contributed by atoms with Gasteiger partial charge in [0, 0.05) is 25.7 Å². The molecule has 0 heterocycles. The molecule has 0 radical (unpaired) electrons. The van der Waals surface area contributed by atoms with Gasteiger partial charge in [-0.1, -0.05) is 350 Å². The number of esters is 4.